The molecule has 0 amide bonds. The van der Waals surface area contributed by atoms with E-state index in [1.165, 1.54) is 12.1 Å². The summed E-state index contributed by atoms with van der Waals surface area (Å²) >= 11 is 3.17. The average Bonchev–Trinajstić information content (AvgIpc) is 2.39. The molecule has 1 aromatic rings. The zero-order valence-electron chi connectivity index (χ0n) is 12.5. The van der Waals surface area contributed by atoms with Crippen LogP contribution in [0.4, 0.5) is 8.78 Å². The lowest BCUT2D eigenvalue weighted by Crippen LogP contribution is -2.48. The second-order valence-electron chi connectivity index (χ2n) is 6.31. The fourth-order valence-electron chi connectivity index (χ4n) is 2.90. The smallest absolute Gasteiger partial charge is 0.145 e. The zero-order valence-corrected chi connectivity index (χ0v) is 15.0. The third kappa shape index (κ3) is 4.15. The Kier molecular flexibility index (Phi) is 6.59. The lowest BCUT2D eigenvalue weighted by Gasteiger charge is -2.42. The minimum atomic E-state index is -0.483. The van der Waals surface area contributed by atoms with Gasteiger partial charge in [0.05, 0.1) is 4.47 Å². The molecule has 120 valence electrons. The predicted molar refractivity (Wildman–Crippen MR) is 87.9 cm³/mol. The van der Waals surface area contributed by atoms with Gasteiger partial charge in [-0.2, -0.15) is 0 Å². The first-order valence-corrected chi connectivity index (χ1v) is 7.70. The van der Waals surface area contributed by atoms with Crippen molar-refractivity contribution in [2.75, 3.05) is 26.2 Å². The summed E-state index contributed by atoms with van der Waals surface area (Å²) in [5, 5.41) is 3.27. The number of rotatable bonds is 2. The highest BCUT2D eigenvalue weighted by Gasteiger charge is 2.36. The molecule has 0 aromatic heterocycles. The van der Waals surface area contributed by atoms with Crippen LogP contribution in [0.5, 0.6) is 0 Å². The maximum Gasteiger partial charge on any atom is 0.145 e. The van der Waals surface area contributed by atoms with Crippen molar-refractivity contribution in [1.82, 2.24) is 10.2 Å². The van der Waals surface area contributed by atoms with Crippen LogP contribution < -0.4 is 5.32 Å². The molecule has 1 saturated heterocycles. The van der Waals surface area contributed by atoms with Gasteiger partial charge in [-0.3, -0.25) is 4.90 Å². The second-order valence-corrected chi connectivity index (χ2v) is 7.17. The Morgan fingerprint density at radius 3 is 2.29 bits per heavy atom. The van der Waals surface area contributed by atoms with Crippen molar-refractivity contribution in [1.29, 1.82) is 0 Å². The molecule has 1 aliphatic rings. The van der Waals surface area contributed by atoms with Gasteiger partial charge in [0.25, 0.3) is 0 Å². The first kappa shape index (κ1) is 18.8. The van der Waals surface area contributed by atoms with E-state index in [2.05, 4.69) is 26.1 Å². The minimum Gasteiger partial charge on any atom is -0.314 e. The van der Waals surface area contributed by atoms with Crippen LogP contribution >= 0.6 is 28.3 Å². The molecule has 21 heavy (non-hydrogen) atoms. The molecule has 2 nitrogen and oxygen atoms in total. The topological polar surface area (TPSA) is 15.3 Å². The highest BCUT2D eigenvalue weighted by molar-refractivity contribution is 9.10. The molecule has 1 N–H and O–H groups in total. The van der Waals surface area contributed by atoms with E-state index in [-0.39, 0.29) is 29.4 Å². The Hall–Kier alpha value is -0.230. The molecule has 0 bridgehead atoms. The lowest BCUT2D eigenvalue weighted by molar-refractivity contribution is 0.0803. The number of nitrogens with one attached hydrogen (secondary N) is 1. The van der Waals surface area contributed by atoms with Crippen molar-refractivity contribution < 1.29 is 8.78 Å². The van der Waals surface area contributed by atoms with Crippen molar-refractivity contribution in [3.63, 3.8) is 0 Å². The van der Waals surface area contributed by atoms with E-state index in [0.29, 0.717) is 4.47 Å². The zero-order chi connectivity index (χ0) is 14.9. The molecule has 1 aromatic carbocycles. The van der Waals surface area contributed by atoms with Crippen molar-refractivity contribution in [2.24, 2.45) is 5.41 Å². The second kappa shape index (κ2) is 7.36. The monoisotopic (exact) mass is 382 g/mol. The molecular weight excluding hydrogens is 362 g/mol. The summed E-state index contributed by atoms with van der Waals surface area (Å²) < 4.78 is 29.0. The van der Waals surface area contributed by atoms with E-state index >= 15 is 0 Å². The number of halogens is 4. The first-order chi connectivity index (χ1) is 9.32. The van der Waals surface area contributed by atoms with Crippen molar-refractivity contribution in [3.8, 4) is 0 Å². The van der Waals surface area contributed by atoms with Crippen LogP contribution in [-0.2, 0) is 0 Å². The molecule has 0 saturated carbocycles. The van der Waals surface area contributed by atoms with E-state index in [1.807, 2.05) is 20.8 Å². The van der Waals surface area contributed by atoms with Crippen LogP contribution in [0.1, 0.15) is 32.4 Å². The summed E-state index contributed by atoms with van der Waals surface area (Å²) in [6.45, 7) is 9.38. The lowest BCUT2D eigenvalue weighted by atomic mass is 9.80. The van der Waals surface area contributed by atoms with Crippen LogP contribution in [0.3, 0.4) is 0 Å². The molecular formula is C15H22BrClF2N2. The van der Waals surface area contributed by atoms with Gasteiger partial charge >= 0.3 is 0 Å². The summed E-state index contributed by atoms with van der Waals surface area (Å²) in [6.07, 6.45) is 0. The molecule has 0 unspecified atom stereocenters. The third-order valence-electron chi connectivity index (χ3n) is 3.69. The molecule has 6 heteroatoms. The highest BCUT2D eigenvalue weighted by atomic mass is 79.9. The van der Waals surface area contributed by atoms with E-state index in [0.717, 1.165) is 26.2 Å². The van der Waals surface area contributed by atoms with E-state index < -0.39 is 11.6 Å². The molecule has 0 spiro atoms. The van der Waals surface area contributed by atoms with Crippen LogP contribution in [0, 0.1) is 17.0 Å². The van der Waals surface area contributed by atoms with Gasteiger partial charge in [-0.25, -0.2) is 8.78 Å². The Bertz CT molecular complexity index is 485. The number of nitrogens with zero attached hydrogens (tertiary/aromatic N) is 1. The molecule has 1 heterocycles. The Balaban J connectivity index is 0.00000220. The van der Waals surface area contributed by atoms with Crippen LogP contribution in [0.25, 0.3) is 0 Å². The van der Waals surface area contributed by atoms with Gasteiger partial charge in [0, 0.05) is 37.8 Å². The predicted octanol–water partition coefficient (Wildman–Crippen LogP) is 4.14. The fraction of sp³-hybridized carbons (Fsp3) is 0.600. The molecule has 1 aliphatic heterocycles. The number of benzene rings is 1. The maximum atomic E-state index is 14.5. The summed E-state index contributed by atoms with van der Waals surface area (Å²) in [4.78, 5) is 2.17. The fourth-order valence-corrected chi connectivity index (χ4v) is 3.24. The minimum absolute atomic E-state index is 0. The Labute approximate surface area is 139 Å². The SMILES string of the molecule is CC(C)(C)[C@H](c1c(F)ccc(Br)c1F)N1CCNCC1.Cl. The first-order valence-electron chi connectivity index (χ1n) is 6.90. The summed E-state index contributed by atoms with van der Waals surface area (Å²) in [5.41, 5.74) is -0.0754. The number of hydrogen-bond acceptors (Lipinski definition) is 2. The molecule has 1 fully saturated rings. The van der Waals surface area contributed by atoms with Crippen molar-refractivity contribution in [3.05, 3.63) is 33.8 Å². The van der Waals surface area contributed by atoms with Gasteiger partial charge in [-0.05, 0) is 33.5 Å². The number of piperazine rings is 1. The number of hydrogen-bond donors (Lipinski definition) is 1. The summed E-state index contributed by atoms with van der Waals surface area (Å²) in [5.74, 6) is -0.951. The average molecular weight is 384 g/mol. The quantitative estimate of drug-likeness (QED) is 0.772. The van der Waals surface area contributed by atoms with Gasteiger partial charge in [0.2, 0.25) is 0 Å². The van der Waals surface area contributed by atoms with E-state index in [4.69, 9.17) is 0 Å². The Morgan fingerprint density at radius 1 is 1.19 bits per heavy atom. The van der Waals surface area contributed by atoms with Crippen LogP contribution in [0.15, 0.2) is 16.6 Å². The van der Waals surface area contributed by atoms with Gasteiger partial charge in [0.15, 0.2) is 0 Å². The van der Waals surface area contributed by atoms with Crippen LogP contribution in [-0.4, -0.2) is 31.1 Å². The van der Waals surface area contributed by atoms with Crippen molar-refractivity contribution >= 4 is 28.3 Å². The van der Waals surface area contributed by atoms with Gasteiger partial charge in [-0.1, -0.05) is 20.8 Å². The van der Waals surface area contributed by atoms with E-state index in [1.54, 1.807) is 0 Å². The maximum absolute atomic E-state index is 14.5. The standard InChI is InChI=1S/C15H21BrF2N2.ClH/c1-15(2,3)14(20-8-6-19-7-9-20)12-11(17)5-4-10(16)13(12)18;/h4-5,14,19H,6-9H2,1-3H3;1H/t14-;/m0./s1. The van der Waals surface area contributed by atoms with E-state index in [9.17, 15) is 8.78 Å². The molecule has 0 aliphatic carbocycles. The largest absolute Gasteiger partial charge is 0.314 e. The van der Waals surface area contributed by atoms with Crippen molar-refractivity contribution in [2.45, 2.75) is 26.8 Å². The Morgan fingerprint density at radius 2 is 1.76 bits per heavy atom. The van der Waals surface area contributed by atoms with Gasteiger partial charge < -0.3 is 5.32 Å². The summed E-state index contributed by atoms with van der Waals surface area (Å²) in [7, 11) is 0. The third-order valence-corrected chi connectivity index (χ3v) is 4.30. The van der Waals surface area contributed by atoms with Crippen LogP contribution in [0.2, 0.25) is 0 Å². The summed E-state index contributed by atoms with van der Waals surface area (Å²) in [6, 6.07) is 2.48. The normalized spacial score (nSPS) is 18.2. The van der Waals surface area contributed by atoms with Gasteiger partial charge in [-0.15, -0.1) is 12.4 Å². The highest BCUT2D eigenvalue weighted by Crippen LogP contribution is 2.41. The van der Waals surface area contributed by atoms with Gasteiger partial charge in [0.1, 0.15) is 11.6 Å². The molecule has 1 atom stereocenters. The molecule has 0 radical (unpaired) electrons. The molecule has 2 rings (SSSR count).